The Kier molecular flexibility index (Phi) is 2.70. The Morgan fingerprint density at radius 3 is 2.60 bits per heavy atom. The Labute approximate surface area is 105 Å². The number of rotatable bonds is 0. The zero-order valence-corrected chi connectivity index (χ0v) is 10.7. The van der Waals surface area contributed by atoms with Gasteiger partial charge in [-0.2, -0.15) is 18.3 Å². The largest absolute Gasteiger partial charge is 0.418 e. The van der Waals surface area contributed by atoms with Crippen molar-refractivity contribution in [3.63, 3.8) is 0 Å². The number of nitrogens with zero attached hydrogens (tertiary/aromatic N) is 1. The van der Waals surface area contributed by atoms with Gasteiger partial charge in [-0.25, -0.2) is 0 Å². The molecule has 2 rings (SSSR count). The highest BCUT2D eigenvalue weighted by Gasteiger charge is 2.34. The molecule has 0 atom stereocenters. The number of hydrogen-bond acceptors (Lipinski definition) is 1. The van der Waals surface area contributed by atoms with E-state index >= 15 is 0 Å². The summed E-state index contributed by atoms with van der Waals surface area (Å²) in [5.41, 5.74) is -0.777. The molecule has 7 heteroatoms. The number of benzene rings is 1. The van der Waals surface area contributed by atoms with Crippen molar-refractivity contribution in [2.75, 3.05) is 0 Å². The van der Waals surface area contributed by atoms with E-state index in [4.69, 9.17) is 0 Å². The molecule has 1 N–H and O–H groups in total. The topological polar surface area (TPSA) is 28.7 Å². The average Bonchev–Trinajstić information content (AvgIpc) is 2.47. The van der Waals surface area contributed by atoms with E-state index < -0.39 is 11.7 Å². The molecule has 0 saturated heterocycles. The number of alkyl halides is 3. The quantitative estimate of drug-likeness (QED) is 0.678. The Morgan fingerprint density at radius 1 is 1.33 bits per heavy atom. The van der Waals surface area contributed by atoms with Crippen LogP contribution in [0.15, 0.2) is 16.6 Å². The number of hydrogen-bond donors (Lipinski definition) is 1. The van der Waals surface area contributed by atoms with Gasteiger partial charge in [0.05, 0.1) is 5.56 Å². The van der Waals surface area contributed by atoms with Crippen LogP contribution in [0.1, 0.15) is 5.56 Å². The van der Waals surface area contributed by atoms with Crippen LogP contribution in [-0.4, -0.2) is 10.2 Å². The van der Waals surface area contributed by atoms with Crippen LogP contribution in [0.3, 0.4) is 0 Å². The third kappa shape index (κ3) is 1.86. The van der Waals surface area contributed by atoms with Gasteiger partial charge in [0.1, 0.15) is 9.22 Å². The molecular weight excluding hydrogens is 388 g/mol. The molecule has 1 aromatic carbocycles. The Hall–Kier alpha value is -0.310. The van der Waals surface area contributed by atoms with Crippen LogP contribution in [0.4, 0.5) is 13.2 Å². The SMILES string of the molecule is FC(F)(F)c1ccc(Br)c2c(I)[nH]nc12. The van der Waals surface area contributed by atoms with Crippen molar-refractivity contribution in [1.82, 2.24) is 10.2 Å². The third-order valence-electron chi connectivity index (χ3n) is 1.92. The zero-order chi connectivity index (χ0) is 11.2. The van der Waals surface area contributed by atoms with Crippen LogP contribution < -0.4 is 0 Å². The minimum Gasteiger partial charge on any atom is -0.271 e. The van der Waals surface area contributed by atoms with Crippen LogP contribution in [0.25, 0.3) is 10.9 Å². The first-order valence-corrected chi connectivity index (χ1v) is 5.67. The van der Waals surface area contributed by atoms with Gasteiger partial charge in [0.2, 0.25) is 0 Å². The molecule has 80 valence electrons. The van der Waals surface area contributed by atoms with Crippen LogP contribution >= 0.6 is 38.5 Å². The summed E-state index contributed by atoms with van der Waals surface area (Å²) in [6.45, 7) is 0. The van der Waals surface area contributed by atoms with Gasteiger partial charge in [0, 0.05) is 9.86 Å². The van der Waals surface area contributed by atoms with Gasteiger partial charge in [-0.15, -0.1) is 0 Å². The standard InChI is InChI=1S/C8H3BrF3IN2/c9-4-2-1-3(8(10,11)12)6-5(4)7(13)15-14-6/h1-2H,(H,14,15). The van der Waals surface area contributed by atoms with E-state index in [1.165, 1.54) is 6.07 Å². The number of aromatic nitrogens is 2. The lowest BCUT2D eigenvalue weighted by atomic mass is 10.1. The highest BCUT2D eigenvalue weighted by molar-refractivity contribution is 14.1. The van der Waals surface area contributed by atoms with Gasteiger partial charge in [-0.1, -0.05) is 0 Å². The van der Waals surface area contributed by atoms with Crippen LogP contribution in [-0.2, 0) is 6.18 Å². The summed E-state index contributed by atoms with van der Waals surface area (Å²) in [6.07, 6.45) is -4.38. The summed E-state index contributed by atoms with van der Waals surface area (Å²) < 4.78 is 38.9. The second kappa shape index (κ2) is 3.62. The lowest BCUT2D eigenvalue weighted by Crippen LogP contribution is -2.05. The maximum absolute atomic E-state index is 12.6. The number of aromatic amines is 1. The van der Waals surface area contributed by atoms with E-state index in [2.05, 4.69) is 26.1 Å². The molecule has 0 amide bonds. The van der Waals surface area contributed by atoms with Crippen LogP contribution in [0.2, 0.25) is 0 Å². The molecule has 15 heavy (non-hydrogen) atoms. The molecule has 0 unspecified atom stereocenters. The minimum atomic E-state index is -4.38. The molecule has 0 aliphatic carbocycles. The summed E-state index contributed by atoms with van der Waals surface area (Å²) in [7, 11) is 0. The van der Waals surface area contributed by atoms with Gasteiger partial charge in [0.25, 0.3) is 0 Å². The van der Waals surface area contributed by atoms with Crippen molar-refractivity contribution in [2.45, 2.75) is 6.18 Å². The monoisotopic (exact) mass is 390 g/mol. The Balaban J connectivity index is 2.85. The first kappa shape index (κ1) is 11.2. The second-order valence-electron chi connectivity index (χ2n) is 2.85. The molecule has 2 aromatic rings. The van der Waals surface area contributed by atoms with Crippen LogP contribution in [0, 0.1) is 3.70 Å². The predicted molar refractivity (Wildman–Crippen MR) is 61.5 cm³/mol. The van der Waals surface area contributed by atoms with Crippen molar-refractivity contribution in [3.05, 3.63) is 25.9 Å². The Morgan fingerprint density at radius 2 is 2.00 bits per heavy atom. The van der Waals surface area contributed by atoms with Crippen molar-refractivity contribution < 1.29 is 13.2 Å². The molecule has 0 spiro atoms. The van der Waals surface area contributed by atoms with E-state index in [1.54, 1.807) is 0 Å². The van der Waals surface area contributed by atoms with Gasteiger partial charge in [0.15, 0.2) is 0 Å². The highest BCUT2D eigenvalue weighted by atomic mass is 127. The smallest absolute Gasteiger partial charge is 0.271 e. The summed E-state index contributed by atoms with van der Waals surface area (Å²) in [6, 6.07) is 2.40. The molecule has 0 saturated carbocycles. The van der Waals surface area contributed by atoms with Gasteiger partial charge in [-0.05, 0) is 50.7 Å². The molecule has 0 aliphatic rings. The first-order valence-electron chi connectivity index (χ1n) is 3.80. The summed E-state index contributed by atoms with van der Waals surface area (Å²) in [5.74, 6) is 0. The van der Waals surface area contributed by atoms with Crippen molar-refractivity contribution >= 4 is 49.4 Å². The maximum atomic E-state index is 12.6. The lowest BCUT2D eigenvalue weighted by molar-refractivity contribution is -0.136. The van der Waals surface area contributed by atoms with Gasteiger partial charge in [-0.3, -0.25) is 5.10 Å². The first-order chi connectivity index (χ1) is 6.91. The molecular formula is C8H3BrF3IN2. The number of nitrogens with one attached hydrogen (secondary N) is 1. The predicted octanol–water partition coefficient (Wildman–Crippen LogP) is 3.95. The molecule has 0 radical (unpaired) electrons. The summed E-state index contributed by atoms with van der Waals surface area (Å²) >= 11 is 5.10. The van der Waals surface area contributed by atoms with Crippen LogP contribution in [0.5, 0.6) is 0 Å². The van der Waals surface area contributed by atoms with E-state index in [0.717, 1.165) is 6.07 Å². The fourth-order valence-corrected chi connectivity index (χ4v) is 2.84. The lowest BCUT2D eigenvalue weighted by Gasteiger charge is -2.07. The molecule has 2 nitrogen and oxygen atoms in total. The Bertz CT molecular complexity index is 520. The fourth-order valence-electron chi connectivity index (χ4n) is 1.28. The number of H-pyrrole nitrogens is 1. The average molecular weight is 391 g/mol. The van der Waals surface area contributed by atoms with E-state index in [1.807, 2.05) is 22.6 Å². The fraction of sp³-hybridized carbons (Fsp3) is 0.125. The molecule has 0 bridgehead atoms. The van der Waals surface area contributed by atoms with Gasteiger partial charge < -0.3 is 0 Å². The van der Waals surface area contributed by atoms with E-state index in [-0.39, 0.29) is 5.52 Å². The zero-order valence-electron chi connectivity index (χ0n) is 6.99. The highest BCUT2D eigenvalue weighted by Crippen LogP contribution is 2.37. The third-order valence-corrected chi connectivity index (χ3v) is 3.36. The van der Waals surface area contributed by atoms with Crippen molar-refractivity contribution in [1.29, 1.82) is 0 Å². The van der Waals surface area contributed by atoms with Crippen molar-refractivity contribution in [2.24, 2.45) is 0 Å². The second-order valence-corrected chi connectivity index (χ2v) is 4.79. The summed E-state index contributed by atoms with van der Waals surface area (Å²) in [5, 5.41) is 6.66. The number of fused-ring (bicyclic) bond motifs is 1. The molecule has 1 heterocycles. The molecule has 0 aliphatic heterocycles. The van der Waals surface area contributed by atoms with E-state index in [0.29, 0.717) is 13.6 Å². The minimum absolute atomic E-state index is 0.0544. The van der Waals surface area contributed by atoms with Crippen molar-refractivity contribution in [3.8, 4) is 0 Å². The normalized spacial score (nSPS) is 12.3. The molecule has 0 fully saturated rings. The number of halogens is 5. The summed E-state index contributed by atoms with van der Waals surface area (Å²) in [4.78, 5) is 0. The van der Waals surface area contributed by atoms with Gasteiger partial charge >= 0.3 is 6.18 Å². The maximum Gasteiger partial charge on any atom is 0.418 e. The van der Waals surface area contributed by atoms with E-state index in [9.17, 15) is 13.2 Å². The molecule has 1 aromatic heterocycles.